The third kappa shape index (κ3) is 10.7. The van der Waals surface area contributed by atoms with Gasteiger partial charge in [0, 0.05) is 16.8 Å². The first kappa shape index (κ1) is 10.4. The van der Waals surface area contributed by atoms with Gasteiger partial charge in [0.05, 0.1) is 0 Å². The summed E-state index contributed by atoms with van der Waals surface area (Å²) in [5, 5.41) is 0. The molecule has 0 aromatic carbocycles. The quantitative estimate of drug-likeness (QED) is 0.464. The number of rotatable bonds is 3. The Balaban J connectivity index is 0. The molecule has 0 rings (SSSR count). The predicted molar refractivity (Wildman–Crippen MR) is 28.3 cm³/mol. The van der Waals surface area contributed by atoms with E-state index >= 15 is 0 Å². The van der Waals surface area contributed by atoms with Crippen molar-refractivity contribution >= 4 is 0 Å². The fourth-order valence-electron chi connectivity index (χ4n) is 0.321. The van der Waals surface area contributed by atoms with Gasteiger partial charge in [-0.05, 0) is 13.0 Å². The molecule has 0 spiro atoms. The summed E-state index contributed by atoms with van der Waals surface area (Å²) < 4.78 is 0. The van der Waals surface area contributed by atoms with E-state index < -0.39 is 0 Å². The minimum Gasteiger partial charge on any atom is -0.343 e. The Morgan fingerprint density at radius 1 is 1.29 bits per heavy atom. The van der Waals surface area contributed by atoms with Crippen molar-refractivity contribution in [3.05, 3.63) is 6.92 Å². The fourth-order valence-corrected chi connectivity index (χ4v) is 0.321. The van der Waals surface area contributed by atoms with Gasteiger partial charge in [-0.15, -0.1) is 0 Å². The summed E-state index contributed by atoms with van der Waals surface area (Å²) in [5.41, 5.74) is 5.19. The van der Waals surface area contributed by atoms with Crippen LogP contribution in [0.5, 0.6) is 0 Å². The van der Waals surface area contributed by atoms with Gasteiger partial charge >= 0.3 is 0 Å². The minimum atomic E-state index is 0. The normalized spacial score (nSPS) is 7.71. The van der Waals surface area contributed by atoms with Gasteiger partial charge in [0.25, 0.3) is 0 Å². The molecular formula is C5H12CoN-. The van der Waals surface area contributed by atoms with Crippen molar-refractivity contribution in [2.75, 3.05) is 6.54 Å². The Bertz CT molecular complexity index is 20.0. The smallest absolute Gasteiger partial charge is 0 e. The molecule has 0 heterocycles. The van der Waals surface area contributed by atoms with Gasteiger partial charge in [-0.25, -0.2) is 0 Å². The van der Waals surface area contributed by atoms with Gasteiger partial charge in [0.15, 0.2) is 0 Å². The van der Waals surface area contributed by atoms with Crippen LogP contribution in [0.3, 0.4) is 0 Å². The van der Waals surface area contributed by atoms with E-state index in [0.717, 1.165) is 19.4 Å². The number of unbranched alkanes of at least 4 members (excludes halogenated alkanes) is 2. The summed E-state index contributed by atoms with van der Waals surface area (Å²) >= 11 is 0. The van der Waals surface area contributed by atoms with Crippen molar-refractivity contribution in [3.63, 3.8) is 0 Å². The fraction of sp³-hybridized carbons (Fsp3) is 0.800. The van der Waals surface area contributed by atoms with Crippen LogP contribution >= 0.6 is 0 Å². The van der Waals surface area contributed by atoms with Crippen LogP contribution in [0.4, 0.5) is 0 Å². The maximum atomic E-state index is 5.19. The summed E-state index contributed by atoms with van der Waals surface area (Å²) in [5.74, 6) is 0. The molecule has 0 saturated carbocycles. The third-order valence-corrected chi connectivity index (χ3v) is 0.704. The number of hydrogen-bond donors (Lipinski definition) is 1. The van der Waals surface area contributed by atoms with Crippen LogP contribution in [0.1, 0.15) is 19.3 Å². The molecule has 0 saturated heterocycles. The second-order valence-corrected chi connectivity index (χ2v) is 1.35. The van der Waals surface area contributed by atoms with Gasteiger partial charge in [0.1, 0.15) is 0 Å². The van der Waals surface area contributed by atoms with Crippen molar-refractivity contribution in [3.8, 4) is 0 Å². The number of nitrogens with two attached hydrogens (primary N) is 1. The summed E-state index contributed by atoms with van der Waals surface area (Å²) in [7, 11) is 0. The third-order valence-electron chi connectivity index (χ3n) is 0.704. The average Bonchev–Trinajstić information content (AvgIpc) is 1.61. The zero-order valence-corrected chi connectivity index (χ0v) is 5.49. The first-order valence-electron chi connectivity index (χ1n) is 2.41. The molecule has 0 unspecified atom stereocenters. The molecule has 47 valence electrons. The van der Waals surface area contributed by atoms with Gasteiger partial charge in [0.2, 0.25) is 0 Å². The zero-order valence-electron chi connectivity index (χ0n) is 4.45. The SMILES string of the molecule is [CH2-]CCCCN.[Co]. The van der Waals surface area contributed by atoms with Crippen molar-refractivity contribution in [1.29, 1.82) is 0 Å². The molecule has 0 fully saturated rings. The Labute approximate surface area is 55.9 Å². The minimum absolute atomic E-state index is 0. The molecule has 0 atom stereocenters. The van der Waals surface area contributed by atoms with Gasteiger partial charge in [-0.2, -0.15) is 6.42 Å². The van der Waals surface area contributed by atoms with Crippen molar-refractivity contribution in [2.24, 2.45) is 5.73 Å². The molecular weight excluding hydrogens is 133 g/mol. The monoisotopic (exact) mass is 145 g/mol. The van der Waals surface area contributed by atoms with Gasteiger partial charge in [-0.1, -0.05) is 6.42 Å². The largest absolute Gasteiger partial charge is 0.343 e. The molecule has 0 aromatic rings. The molecule has 2 N–H and O–H groups in total. The van der Waals surface area contributed by atoms with Gasteiger partial charge < -0.3 is 12.7 Å². The molecule has 1 nitrogen and oxygen atoms in total. The summed E-state index contributed by atoms with van der Waals surface area (Å²) in [4.78, 5) is 0. The Hall–Kier alpha value is 0.466. The molecule has 7 heavy (non-hydrogen) atoms. The van der Waals surface area contributed by atoms with Crippen molar-refractivity contribution < 1.29 is 16.8 Å². The molecule has 0 bridgehead atoms. The van der Waals surface area contributed by atoms with E-state index in [1.807, 2.05) is 0 Å². The summed E-state index contributed by atoms with van der Waals surface area (Å²) in [6.07, 6.45) is 3.33. The first-order chi connectivity index (χ1) is 2.91. The van der Waals surface area contributed by atoms with E-state index in [-0.39, 0.29) is 16.8 Å². The van der Waals surface area contributed by atoms with E-state index in [1.54, 1.807) is 0 Å². The van der Waals surface area contributed by atoms with Crippen LogP contribution in [-0.2, 0) is 16.8 Å². The van der Waals surface area contributed by atoms with Crippen LogP contribution in [0.2, 0.25) is 0 Å². The molecule has 1 radical (unpaired) electrons. The number of hydrogen-bond acceptors (Lipinski definition) is 1. The second-order valence-electron chi connectivity index (χ2n) is 1.35. The van der Waals surface area contributed by atoms with Crippen LogP contribution in [0.25, 0.3) is 0 Å². The van der Waals surface area contributed by atoms with E-state index in [2.05, 4.69) is 6.92 Å². The van der Waals surface area contributed by atoms with E-state index in [1.165, 1.54) is 6.42 Å². The Morgan fingerprint density at radius 3 is 2.00 bits per heavy atom. The van der Waals surface area contributed by atoms with Crippen molar-refractivity contribution in [1.82, 2.24) is 0 Å². The molecule has 0 aliphatic heterocycles. The average molecular weight is 145 g/mol. The van der Waals surface area contributed by atoms with Crippen LogP contribution in [0.15, 0.2) is 0 Å². The standard InChI is InChI=1S/C5H12N.Co/c1-2-3-4-5-6;/h1-6H2;/q-1;. The predicted octanol–water partition coefficient (Wildman–Crippen LogP) is 0.947. The van der Waals surface area contributed by atoms with E-state index in [9.17, 15) is 0 Å². The van der Waals surface area contributed by atoms with Crippen LogP contribution in [0, 0.1) is 6.92 Å². The maximum absolute atomic E-state index is 5.19. The first-order valence-corrected chi connectivity index (χ1v) is 2.41. The molecule has 0 amide bonds. The summed E-state index contributed by atoms with van der Waals surface area (Å²) in [6, 6.07) is 0. The summed E-state index contributed by atoms with van der Waals surface area (Å²) in [6.45, 7) is 4.48. The topological polar surface area (TPSA) is 26.0 Å². The van der Waals surface area contributed by atoms with E-state index in [4.69, 9.17) is 5.73 Å². The van der Waals surface area contributed by atoms with Gasteiger partial charge in [-0.3, -0.25) is 0 Å². The van der Waals surface area contributed by atoms with Crippen LogP contribution in [-0.4, -0.2) is 6.54 Å². The maximum Gasteiger partial charge on any atom is 0 e. The second kappa shape index (κ2) is 9.69. The molecule has 0 aliphatic carbocycles. The molecule has 0 aliphatic rings. The Morgan fingerprint density at radius 2 is 1.86 bits per heavy atom. The molecule has 0 aromatic heterocycles. The van der Waals surface area contributed by atoms with E-state index in [0.29, 0.717) is 0 Å². The van der Waals surface area contributed by atoms with Crippen LogP contribution < -0.4 is 5.73 Å². The zero-order chi connectivity index (χ0) is 4.83. The Kier molecular flexibility index (Phi) is 14.5. The molecule has 2 heteroatoms. The van der Waals surface area contributed by atoms with Crippen molar-refractivity contribution in [2.45, 2.75) is 19.3 Å².